The first-order valence-electron chi connectivity index (χ1n) is 12.0. The fourth-order valence-corrected chi connectivity index (χ4v) is 5.27. The Bertz CT molecular complexity index is 1080. The van der Waals surface area contributed by atoms with Crippen LogP contribution in [0.15, 0.2) is 36.7 Å². The van der Waals surface area contributed by atoms with Crippen molar-refractivity contribution < 1.29 is 14.3 Å². The number of halogens is 2. The van der Waals surface area contributed by atoms with Gasteiger partial charge in [-0.25, -0.2) is 0 Å². The molecule has 1 aliphatic carbocycles. The molecule has 0 amide bonds. The van der Waals surface area contributed by atoms with E-state index in [9.17, 15) is 9.59 Å². The van der Waals surface area contributed by atoms with Gasteiger partial charge in [0.2, 0.25) is 0 Å². The monoisotopic (exact) mass is 524 g/mol. The number of hydrogen-bond acceptors (Lipinski definition) is 6. The van der Waals surface area contributed by atoms with Crippen LogP contribution >= 0.6 is 24.8 Å². The predicted molar refractivity (Wildman–Crippen MR) is 144 cm³/mol. The van der Waals surface area contributed by atoms with Crippen LogP contribution < -0.4 is 5.73 Å². The largest absolute Gasteiger partial charge is 0.442 e. The number of rotatable bonds is 7. The van der Waals surface area contributed by atoms with Gasteiger partial charge in [0.1, 0.15) is 6.17 Å². The number of aromatic nitrogens is 1. The smallest absolute Gasteiger partial charge is 0.312 e. The molecule has 35 heavy (non-hydrogen) atoms. The normalized spacial score (nSPS) is 20.9. The summed E-state index contributed by atoms with van der Waals surface area (Å²) in [6, 6.07) is 8.15. The lowest BCUT2D eigenvalue weighted by molar-refractivity contribution is -0.163. The minimum Gasteiger partial charge on any atom is -0.442 e. The van der Waals surface area contributed by atoms with E-state index in [2.05, 4.69) is 35.6 Å². The number of fused-ring (bicyclic) bond motifs is 3. The Morgan fingerprint density at radius 3 is 2.51 bits per heavy atom. The third-order valence-electron chi connectivity index (χ3n) is 7.42. The number of ether oxygens (including phenoxy) is 1. The fourth-order valence-electron chi connectivity index (χ4n) is 5.27. The Balaban J connectivity index is 0.00000216. The maximum Gasteiger partial charge on any atom is 0.312 e. The zero-order chi connectivity index (χ0) is 23.9. The second-order valence-corrected chi connectivity index (χ2v) is 9.69. The summed E-state index contributed by atoms with van der Waals surface area (Å²) >= 11 is 0. The highest BCUT2D eigenvalue weighted by atomic mass is 35.5. The maximum absolute atomic E-state index is 13.5. The first kappa shape index (κ1) is 29.0. The number of esters is 1. The standard InChI is InChI=1S/C26H36N4O3.2ClH/c1-16(2)21(14-27)26(32)33-18(4)30-13-12-29(17(30)3)15-19-10-11-23-24(25(19)31)20-8-6-7-9-22(20)28(23)5;;/h6-9,12-13,16-19,21H,10-11,14-15,27H2,1-5H3;2*1H. The van der Waals surface area contributed by atoms with Crippen LogP contribution in [0.1, 0.15) is 50.2 Å². The highest BCUT2D eigenvalue weighted by Crippen LogP contribution is 2.35. The van der Waals surface area contributed by atoms with Gasteiger partial charge >= 0.3 is 5.97 Å². The average molecular weight is 526 g/mol. The van der Waals surface area contributed by atoms with Crippen molar-refractivity contribution >= 4 is 47.5 Å². The molecule has 1 aromatic heterocycles. The van der Waals surface area contributed by atoms with Crippen molar-refractivity contribution in [1.29, 1.82) is 0 Å². The van der Waals surface area contributed by atoms with Gasteiger partial charge < -0.3 is 24.8 Å². The van der Waals surface area contributed by atoms with Crippen LogP contribution in [0.25, 0.3) is 10.9 Å². The average Bonchev–Trinajstić information content (AvgIpc) is 3.28. The highest BCUT2D eigenvalue weighted by molar-refractivity contribution is 6.11. The molecule has 0 saturated carbocycles. The molecule has 1 aliphatic heterocycles. The molecule has 0 spiro atoms. The Hall–Kier alpha value is -2.22. The van der Waals surface area contributed by atoms with Crippen LogP contribution in [0.2, 0.25) is 0 Å². The lowest BCUT2D eigenvalue weighted by Crippen LogP contribution is -2.46. The van der Waals surface area contributed by atoms with Crippen molar-refractivity contribution in [2.24, 2.45) is 30.5 Å². The van der Waals surface area contributed by atoms with Gasteiger partial charge in [0.25, 0.3) is 0 Å². The van der Waals surface area contributed by atoms with Crippen molar-refractivity contribution in [3.63, 3.8) is 0 Å². The van der Waals surface area contributed by atoms with Crippen LogP contribution in [0.5, 0.6) is 0 Å². The first-order valence-corrected chi connectivity index (χ1v) is 12.0. The number of hydrogen-bond donors (Lipinski definition) is 1. The number of carbonyl (C=O) groups is 2. The van der Waals surface area contributed by atoms with Crippen LogP contribution in [0.4, 0.5) is 0 Å². The lowest BCUT2D eigenvalue weighted by atomic mass is 9.84. The molecule has 9 heteroatoms. The van der Waals surface area contributed by atoms with E-state index in [1.54, 1.807) is 0 Å². The topological polar surface area (TPSA) is 80.8 Å². The molecular weight excluding hydrogens is 487 g/mol. The van der Waals surface area contributed by atoms with Crippen molar-refractivity contribution in [1.82, 2.24) is 14.4 Å². The molecule has 2 heterocycles. The molecule has 0 bridgehead atoms. The third-order valence-corrected chi connectivity index (χ3v) is 7.42. The van der Waals surface area contributed by atoms with E-state index < -0.39 is 6.23 Å². The zero-order valence-corrected chi connectivity index (χ0v) is 22.8. The second kappa shape index (κ2) is 11.7. The summed E-state index contributed by atoms with van der Waals surface area (Å²) in [4.78, 5) is 30.2. The minimum absolute atomic E-state index is 0. The summed E-state index contributed by atoms with van der Waals surface area (Å²) < 4.78 is 7.90. The summed E-state index contributed by atoms with van der Waals surface area (Å²) in [6.07, 6.45) is 5.27. The van der Waals surface area contributed by atoms with Crippen LogP contribution in [0.3, 0.4) is 0 Å². The Labute approximate surface area is 220 Å². The van der Waals surface area contributed by atoms with Crippen molar-refractivity contribution in [3.8, 4) is 0 Å². The maximum atomic E-state index is 13.5. The van der Waals surface area contributed by atoms with E-state index in [1.165, 1.54) is 0 Å². The molecule has 0 radical (unpaired) electrons. The van der Waals surface area contributed by atoms with Crippen LogP contribution in [-0.2, 0) is 23.0 Å². The Kier molecular flexibility index (Phi) is 9.68. The number of para-hydroxylation sites is 1. The number of Topliss-reactive ketones (excluding diaryl/α,β-unsaturated/α-hetero) is 1. The third kappa shape index (κ3) is 5.32. The minimum atomic E-state index is -0.409. The lowest BCUT2D eigenvalue weighted by Gasteiger charge is -2.36. The molecule has 2 aliphatic rings. The van der Waals surface area contributed by atoms with E-state index in [0.29, 0.717) is 6.54 Å². The van der Waals surface area contributed by atoms with Crippen molar-refractivity contribution in [3.05, 3.63) is 47.9 Å². The predicted octanol–water partition coefficient (Wildman–Crippen LogP) is 4.32. The SMILES string of the molecule is CC(C)C(CN)C(=O)OC(C)N1C=CN(CC2CCc3c(c4ccccc4n3C)C2=O)C1C.Cl.Cl. The van der Waals surface area contributed by atoms with Gasteiger partial charge in [0.15, 0.2) is 12.0 Å². The summed E-state index contributed by atoms with van der Waals surface area (Å²) in [5.74, 6) is -0.260. The molecule has 0 fully saturated rings. The van der Waals surface area contributed by atoms with E-state index in [0.717, 1.165) is 35.0 Å². The Morgan fingerprint density at radius 1 is 1.17 bits per heavy atom. The Morgan fingerprint density at radius 2 is 1.86 bits per heavy atom. The number of nitrogens with zero attached hydrogens (tertiary/aromatic N) is 3. The number of ketones is 1. The van der Waals surface area contributed by atoms with Gasteiger partial charge in [0.05, 0.1) is 5.92 Å². The van der Waals surface area contributed by atoms with Crippen molar-refractivity contribution in [2.75, 3.05) is 13.1 Å². The second-order valence-electron chi connectivity index (χ2n) is 9.69. The first-order chi connectivity index (χ1) is 15.7. The molecule has 7 nitrogen and oxygen atoms in total. The molecular formula is C26H38Cl2N4O3. The van der Waals surface area contributed by atoms with Crippen molar-refractivity contribution in [2.45, 2.75) is 52.9 Å². The zero-order valence-electron chi connectivity index (χ0n) is 21.1. The summed E-state index contributed by atoms with van der Waals surface area (Å²) in [6.45, 7) is 8.83. The summed E-state index contributed by atoms with van der Waals surface area (Å²) in [7, 11) is 2.05. The molecule has 1 aromatic carbocycles. The van der Waals surface area contributed by atoms with Gasteiger partial charge in [0, 0.05) is 60.6 Å². The highest BCUT2D eigenvalue weighted by Gasteiger charge is 2.36. The fraction of sp³-hybridized carbons (Fsp3) is 0.538. The molecule has 194 valence electrons. The van der Waals surface area contributed by atoms with Gasteiger partial charge in [-0.05, 0) is 38.7 Å². The summed E-state index contributed by atoms with van der Waals surface area (Å²) in [5, 5.41) is 1.05. The quantitative estimate of drug-likeness (QED) is 0.543. The van der Waals surface area contributed by atoms with E-state index in [-0.39, 0.29) is 67.0 Å². The molecule has 2 N–H and O–H groups in total. The number of carbonyl (C=O) groups excluding carboxylic acids is 2. The van der Waals surface area contributed by atoms with Gasteiger partial charge in [-0.2, -0.15) is 0 Å². The molecule has 0 saturated heterocycles. The van der Waals surface area contributed by atoms with Gasteiger partial charge in [-0.1, -0.05) is 32.0 Å². The number of benzene rings is 1. The molecule has 2 aromatic rings. The number of aryl methyl sites for hydroxylation is 1. The van der Waals surface area contributed by atoms with E-state index in [1.807, 2.05) is 50.2 Å². The molecule has 4 unspecified atom stereocenters. The van der Waals surface area contributed by atoms with Gasteiger partial charge in [-0.3, -0.25) is 9.59 Å². The molecule has 4 atom stereocenters. The van der Waals surface area contributed by atoms with Crippen LogP contribution in [0, 0.1) is 17.8 Å². The van der Waals surface area contributed by atoms with E-state index >= 15 is 0 Å². The van der Waals surface area contributed by atoms with E-state index in [4.69, 9.17) is 10.5 Å². The van der Waals surface area contributed by atoms with Crippen LogP contribution in [-0.4, -0.2) is 51.6 Å². The number of nitrogens with two attached hydrogens (primary N) is 1. The molecule has 4 rings (SSSR count). The van der Waals surface area contributed by atoms with Gasteiger partial charge in [-0.15, -0.1) is 24.8 Å². The summed E-state index contributed by atoms with van der Waals surface area (Å²) in [5.41, 5.74) is 8.92.